The Hall–Kier alpha value is -0.610. The number of nitrogens with zero attached hydrogens (tertiary/aromatic N) is 2. The number of carbonyl (C=O) groups is 1. The molecule has 4 heteroatoms. The lowest BCUT2D eigenvalue weighted by atomic mass is 10.1. The summed E-state index contributed by atoms with van der Waals surface area (Å²) in [6.45, 7) is 8.64. The molecule has 0 spiro atoms. The van der Waals surface area contributed by atoms with Gasteiger partial charge in [0, 0.05) is 33.1 Å². The third-order valence-electron chi connectivity index (χ3n) is 2.96. The zero-order valence-corrected chi connectivity index (χ0v) is 10.9. The van der Waals surface area contributed by atoms with E-state index >= 15 is 0 Å². The first-order valence-corrected chi connectivity index (χ1v) is 5.94. The van der Waals surface area contributed by atoms with Crippen molar-refractivity contribution in [1.29, 1.82) is 0 Å². The summed E-state index contributed by atoms with van der Waals surface area (Å²) in [5.74, 6) is 0.726. The molecule has 1 aliphatic heterocycles. The molecule has 1 unspecified atom stereocenters. The van der Waals surface area contributed by atoms with Crippen LogP contribution in [-0.2, 0) is 4.79 Å². The minimum Gasteiger partial charge on any atom is -0.389 e. The number of rotatable bonds is 4. The predicted octanol–water partition coefficient (Wildman–Crippen LogP) is 0.557. The van der Waals surface area contributed by atoms with Crippen LogP contribution < -0.4 is 0 Å². The van der Waals surface area contributed by atoms with E-state index in [4.69, 9.17) is 0 Å². The summed E-state index contributed by atoms with van der Waals surface area (Å²) >= 11 is 0. The van der Waals surface area contributed by atoms with Crippen molar-refractivity contribution < 1.29 is 9.90 Å². The highest BCUT2D eigenvalue weighted by molar-refractivity contribution is 5.73. The third kappa shape index (κ3) is 4.49. The first-order valence-electron chi connectivity index (χ1n) is 5.94. The van der Waals surface area contributed by atoms with Gasteiger partial charge in [-0.05, 0) is 33.2 Å². The van der Waals surface area contributed by atoms with Crippen LogP contribution in [0.3, 0.4) is 0 Å². The van der Waals surface area contributed by atoms with Gasteiger partial charge in [-0.3, -0.25) is 4.79 Å². The third-order valence-corrected chi connectivity index (χ3v) is 2.96. The van der Waals surface area contributed by atoms with Crippen LogP contribution in [0.15, 0.2) is 0 Å². The SMILES string of the molecule is CC(=O)N1CCC(CN(C)CC(C)(C)O)C1. The van der Waals surface area contributed by atoms with Gasteiger partial charge in [0.2, 0.25) is 5.91 Å². The topological polar surface area (TPSA) is 43.8 Å². The second kappa shape index (κ2) is 5.15. The van der Waals surface area contributed by atoms with E-state index in [1.165, 1.54) is 0 Å². The zero-order chi connectivity index (χ0) is 12.3. The molecule has 1 N–H and O–H groups in total. The molecule has 1 fully saturated rings. The second-order valence-corrected chi connectivity index (χ2v) is 5.63. The lowest BCUT2D eigenvalue weighted by molar-refractivity contribution is -0.127. The number of carbonyl (C=O) groups excluding carboxylic acids is 1. The quantitative estimate of drug-likeness (QED) is 0.764. The number of likely N-dealkylation sites (tertiary alicyclic amines) is 1. The fourth-order valence-corrected chi connectivity index (χ4v) is 2.43. The molecule has 0 bridgehead atoms. The zero-order valence-electron chi connectivity index (χ0n) is 10.9. The Labute approximate surface area is 98.2 Å². The van der Waals surface area contributed by atoms with Gasteiger partial charge < -0.3 is 14.9 Å². The highest BCUT2D eigenvalue weighted by Crippen LogP contribution is 2.17. The molecular weight excluding hydrogens is 204 g/mol. The van der Waals surface area contributed by atoms with E-state index in [2.05, 4.69) is 4.90 Å². The van der Waals surface area contributed by atoms with Crippen molar-refractivity contribution in [1.82, 2.24) is 9.80 Å². The van der Waals surface area contributed by atoms with E-state index < -0.39 is 5.60 Å². The number of hydrogen-bond acceptors (Lipinski definition) is 3. The van der Waals surface area contributed by atoms with Crippen LogP contribution in [0.2, 0.25) is 0 Å². The Morgan fingerprint density at radius 1 is 1.56 bits per heavy atom. The van der Waals surface area contributed by atoms with Crippen LogP contribution in [0.4, 0.5) is 0 Å². The summed E-state index contributed by atoms with van der Waals surface area (Å²) in [6.07, 6.45) is 1.08. The molecule has 0 aromatic heterocycles. The predicted molar refractivity (Wildman–Crippen MR) is 64.2 cm³/mol. The van der Waals surface area contributed by atoms with Gasteiger partial charge in [-0.1, -0.05) is 0 Å². The van der Waals surface area contributed by atoms with E-state index in [-0.39, 0.29) is 5.91 Å². The molecule has 0 aliphatic carbocycles. The van der Waals surface area contributed by atoms with Crippen molar-refractivity contribution in [2.75, 3.05) is 33.2 Å². The van der Waals surface area contributed by atoms with Gasteiger partial charge >= 0.3 is 0 Å². The number of amides is 1. The number of hydrogen-bond donors (Lipinski definition) is 1. The summed E-state index contributed by atoms with van der Waals surface area (Å²) in [6, 6.07) is 0. The molecule has 0 saturated carbocycles. The van der Waals surface area contributed by atoms with Gasteiger partial charge in [0.1, 0.15) is 0 Å². The van der Waals surface area contributed by atoms with Crippen LogP contribution in [-0.4, -0.2) is 59.6 Å². The molecule has 1 saturated heterocycles. The highest BCUT2D eigenvalue weighted by Gasteiger charge is 2.26. The lowest BCUT2D eigenvalue weighted by Gasteiger charge is -2.27. The van der Waals surface area contributed by atoms with Crippen LogP contribution in [0.1, 0.15) is 27.2 Å². The molecule has 0 aromatic carbocycles. The summed E-state index contributed by atoms with van der Waals surface area (Å²) in [4.78, 5) is 15.2. The summed E-state index contributed by atoms with van der Waals surface area (Å²) in [7, 11) is 2.02. The van der Waals surface area contributed by atoms with Crippen LogP contribution in [0.5, 0.6) is 0 Å². The summed E-state index contributed by atoms with van der Waals surface area (Å²) in [5, 5.41) is 9.70. The van der Waals surface area contributed by atoms with Crippen LogP contribution in [0.25, 0.3) is 0 Å². The van der Waals surface area contributed by atoms with Gasteiger partial charge in [0.15, 0.2) is 0 Å². The Balaban J connectivity index is 2.31. The molecule has 94 valence electrons. The lowest BCUT2D eigenvalue weighted by Crippen LogP contribution is -2.39. The molecular formula is C12H24N2O2. The normalized spacial score (nSPS) is 21.9. The van der Waals surface area contributed by atoms with Gasteiger partial charge in [0.25, 0.3) is 0 Å². The monoisotopic (exact) mass is 228 g/mol. The van der Waals surface area contributed by atoms with Crippen molar-refractivity contribution in [3.63, 3.8) is 0 Å². The molecule has 1 atom stereocenters. The molecule has 1 amide bonds. The van der Waals surface area contributed by atoms with Gasteiger partial charge in [-0.25, -0.2) is 0 Å². The van der Waals surface area contributed by atoms with Crippen molar-refractivity contribution in [3.8, 4) is 0 Å². The van der Waals surface area contributed by atoms with Crippen molar-refractivity contribution in [2.24, 2.45) is 5.92 Å². The highest BCUT2D eigenvalue weighted by atomic mass is 16.3. The van der Waals surface area contributed by atoms with E-state index in [1.54, 1.807) is 6.92 Å². The molecule has 0 aromatic rings. The van der Waals surface area contributed by atoms with Crippen LogP contribution in [0, 0.1) is 5.92 Å². The fraction of sp³-hybridized carbons (Fsp3) is 0.917. The second-order valence-electron chi connectivity index (χ2n) is 5.63. The standard InChI is InChI=1S/C12H24N2O2/c1-10(15)14-6-5-11(8-14)7-13(4)9-12(2,3)16/h11,16H,5-9H2,1-4H3. The maximum Gasteiger partial charge on any atom is 0.219 e. The first kappa shape index (κ1) is 13.5. The minimum absolute atomic E-state index is 0.174. The molecule has 4 nitrogen and oxygen atoms in total. The number of aliphatic hydroxyl groups is 1. The smallest absolute Gasteiger partial charge is 0.219 e. The average Bonchev–Trinajstić information content (AvgIpc) is 2.48. The maximum atomic E-state index is 11.2. The summed E-state index contributed by atoms with van der Waals surface area (Å²) in [5.41, 5.74) is -0.645. The Morgan fingerprint density at radius 2 is 2.19 bits per heavy atom. The largest absolute Gasteiger partial charge is 0.389 e. The summed E-state index contributed by atoms with van der Waals surface area (Å²) < 4.78 is 0. The minimum atomic E-state index is -0.645. The molecule has 1 heterocycles. The van der Waals surface area contributed by atoms with Crippen molar-refractivity contribution in [2.45, 2.75) is 32.8 Å². The van der Waals surface area contributed by atoms with E-state index in [0.717, 1.165) is 26.1 Å². The van der Waals surface area contributed by atoms with Gasteiger partial charge in [-0.2, -0.15) is 0 Å². The molecule has 0 radical (unpaired) electrons. The van der Waals surface area contributed by atoms with Crippen molar-refractivity contribution in [3.05, 3.63) is 0 Å². The Morgan fingerprint density at radius 3 is 2.62 bits per heavy atom. The Bertz CT molecular complexity index is 248. The van der Waals surface area contributed by atoms with Gasteiger partial charge in [0.05, 0.1) is 5.60 Å². The fourth-order valence-electron chi connectivity index (χ4n) is 2.43. The molecule has 16 heavy (non-hydrogen) atoms. The van der Waals surface area contributed by atoms with E-state index in [0.29, 0.717) is 12.5 Å². The Kier molecular flexibility index (Phi) is 4.33. The van der Waals surface area contributed by atoms with E-state index in [9.17, 15) is 9.90 Å². The maximum absolute atomic E-state index is 11.2. The first-order chi connectivity index (χ1) is 7.28. The average molecular weight is 228 g/mol. The van der Waals surface area contributed by atoms with Crippen molar-refractivity contribution >= 4 is 5.91 Å². The van der Waals surface area contributed by atoms with E-state index in [1.807, 2.05) is 25.8 Å². The number of likely N-dealkylation sites (N-methyl/N-ethyl adjacent to an activating group) is 1. The van der Waals surface area contributed by atoms with Gasteiger partial charge in [-0.15, -0.1) is 0 Å². The molecule has 1 aliphatic rings. The van der Waals surface area contributed by atoms with Crippen LogP contribution >= 0.6 is 0 Å². The molecule has 1 rings (SSSR count).